The number of aromatic nitrogens is 4. The van der Waals surface area contributed by atoms with Gasteiger partial charge in [0.1, 0.15) is 65.9 Å². The number of aliphatic hydroxyl groups is 1. The quantitative estimate of drug-likeness (QED) is 0.0540. The number of ketones is 3. The number of halogens is 1. The smallest absolute Gasteiger partial charge is 0.246 e. The Hall–Kier alpha value is -10.7. The minimum absolute atomic E-state index is 0.0185. The lowest BCUT2D eigenvalue weighted by Gasteiger charge is -2.37. The number of nitrogens with one attached hydrogen (secondary N) is 6. The summed E-state index contributed by atoms with van der Waals surface area (Å²) in [7, 11) is 7.65. The first-order valence-corrected chi connectivity index (χ1v) is 40.9. The first-order chi connectivity index (χ1) is 56.5. The van der Waals surface area contributed by atoms with Crippen molar-refractivity contribution in [3.63, 3.8) is 0 Å². The van der Waals surface area contributed by atoms with Crippen molar-refractivity contribution in [2.45, 2.75) is 191 Å². The highest BCUT2D eigenvalue weighted by Crippen LogP contribution is 2.35. The van der Waals surface area contributed by atoms with Crippen LogP contribution in [0.4, 0.5) is 4.39 Å². The summed E-state index contributed by atoms with van der Waals surface area (Å²) < 4.78 is 43.2. The zero-order chi connectivity index (χ0) is 84.4. The van der Waals surface area contributed by atoms with Gasteiger partial charge in [-0.15, -0.1) is 5.10 Å². The van der Waals surface area contributed by atoms with Crippen molar-refractivity contribution in [3.8, 4) is 5.75 Å². The van der Waals surface area contributed by atoms with Crippen LogP contribution in [0.25, 0.3) is 10.9 Å². The lowest BCUT2D eigenvalue weighted by atomic mass is 9.87. The molecule has 2 saturated heterocycles. The predicted octanol–water partition coefficient (Wildman–Crippen LogP) is 3.31. The molecule has 6 aliphatic heterocycles. The summed E-state index contributed by atoms with van der Waals surface area (Å²) in [6.07, 6.45) is -1.17. The van der Waals surface area contributed by atoms with Gasteiger partial charge < -0.3 is 79.7 Å². The summed E-state index contributed by atoms with van der Waals surface area (Å²) in [5.41, 5.74) is 3.14. The molecule has 9 amide bonds. The van der Waals surface area contributed by atoms with Crippen molar-refractivity contribution in [2.75, 3.05) is 94.0 Å². The zero-order valence-electron chi connectivity index (χ0n) is 68.5. The SMILES string of the molecule is COc1ccc(C[C@@H]2NC(=O)[C@H]([C@@H](C)O)CC(=O)[C@@H]3[C@@H]4CCN3C(=O)[C@H]3CC(=O)[C@H](Cc5cccc(c5)CNC(=O)CO4)NC(=O)[C@@H](C)NC(=O)[C@H](CCC(=O)CCOCCOCC[N+](C)(C)C)NC(=O)CCCC(=O)N(CCn4cc(nn4)Cn4cc(c5cc(F)ccc54)C3)Cc3ccc(cc3)CCNC(=O)[C@]3(C)CCCN3C2=O)cc1. The van der Waals surface area contributed by atoms with Crippen molar-refractivity contribution >= 4 is 81.4 Å². The molecule has 0 unspecified atom stereocenters. The molecule has 12 rings (SSSR count). The number of fused-ring (bicyclic) bond motifs is 16. The van der Waals surface area contributed by atoms with Gasteiger partial charge in [-0.1, -0.05) is 65.9 Å². The summed E-state index contributed by atoms with van der Waals surface area (Å²) in [6.45, 7) is 6.10. The van der Waals surface area contributed by atoms with Crippen LogP contribution in [-0.2, 0) is 124 Å². The van der Waals surface area contributed by atoms with Crippen LogP contribution in [0.3, 0.4) is 0 Å². The third kappa shape index (κ3) is 23.8. The maximum absolute atomic E-state index is 16.4. The van der Waals surface area contributed by atoms with Crippen LogP contribution in [0.5, 0.6) is 5.75 Å². The summed E-state index contributed by atoms with van der Waals surface area (Å²) in [6, 6.07) is 18.0. The van der Waals surface area contributed by atoms with E-state index in [4.69, 9.17) is 18.9 Å². The Balaban J connectivity index is 0.991. The van der Waals surface area contributed by atoms with E-state index in [2.05, 4.69) is 63.4 Å². The van der Waals surface area contributed by atoms with Crippen molar-refractivity contribution < 1.29 is 90.5 Å². The Bertz CT molecular complexity index is 4600. The highest BCUT2D eigenvalue weighted by molar-refractivity contribution is 6.00. The predicted molar refractivity (Wildman–Crippen MR) is 430 cm³/mol. The van der Waals surface area contributed by atoms with Crippen LogP contribution in [-0.4, -0.2) is 256 Å². The van der Waals surface area contributed by atoms with E-state index >= 15 is 28.4 Å². The number of carbonyl (C=O) groups is 12. The average Bonchev–Trinajstić information content (AvgIpc) is 1.62. The maximum atomic E-state index is 16.4. The van der Waals surface area contributed by atoms with Crippen LogP contribution >= 0.6 is 0 Å². The Morgan fingerprint density at radius 1 is 0.703 bits per heavy atom. The topological polar surface area (TPSA) is 380 Å². The Kier molecular flexibility index (Phi) is 30.4. The summed E-state index contributed by atoms with van der Waals surface area (Å²) >= 11 is 0. The molecule has 2 fully saturated rings. The van der Waals surface area contributed by atoms with Gasteiger partial charge in [0.2, 0.25) is 53.2 Å². The second kappa shape index (κ2) is 40.7. The second-order valence-corrected chi connectivity index (χ2v) is 32.9. The van der Waals surface area contributed by atoms with Crippen molar-refractivity contribution in [1.82, 2.24) is 66.2 Å². The molecule has 0 spiro atoms. The number of amides is 9. The minimum Gasteiger partial charge on any atom is -0.497 e. The van der Waals surface area contributed by atoms with Gasteiger partial charge in [0.25, 0.3) is 0 Å². The van der Waals surface area contributed by atoms with Gasteiger partial charge in [0, 0.05) is 107 Å². The van der Waals surface area contributed by atoms with Crippen molar-refractivity contribution in [1.29, 1.82) is 0 Å². The summed E-state index contributed by atoms with van der Waals surface area (Å²) in [5.74, 6) is -11.0. The number of likely N-dealkylation sites (N-methyl/N-ethyl adjacent to an activating group) is 1. The molecule has 14 bridgehead atoms. The maximum Gasteiger partial charge on any atom is 0.246 e. The molecule has 0 saturated carbocycles. The Morgan fingerprint density at radius 2 is 1.46 bits per heavy atom. The van der Waals surface area contributed by atoms with Gasteiger partial charge in [-0.2, -0.15) is 0 Å². The van der Waals surface area contributed by atoms with Crippen LogP contribution < -0.4 is 36.6 Å². The molecule has 7 N–H and O–H groups in total. The molecule has 10 atom stereocenters. The lowest BCUT2D eigenvalue weighted by molar-refractivity contribution is -0.870. The number of hydrogen-bond acceptors (Lipinski definition) is 19. The first-order valence-electron chi connectivity index (χ1n) is 40.9. The van der Waals surface area contributed by atoms with E-state index < -0.39 is 144 Å². The van der Waals surface area contributed by atoms with E-state index in [-0.39, 0.29) is 148 Å². The van der Waals surface area contributed by atoms with Crippen molar-refractivity contribution in [2.24, 2.45) is 11.8 Å². The van der Waals surface area contributed by atoms with Gasteiger partial charge >= 0.3 is 0 Å². The number of ether oxygens (including phenoxy) is 4. The van der Waals surface area contributed by atoms with Gasteiger partial charge in [-0.3, -0.25) is 62.2 Å². The van der Waals surface area contributed by atoms with Gasteiger partial charge in [0.15, 0.2) is 11.6 Å². The fraction of sp³-hybridized carbons (Fsp3) is 0.535. The molecular weight excluding hydrogens is 1520 g/mol. The second-order valence-electron chi connectivity index (χ2n) is 32.9. The molecule has 4 aromatic carbocycles. The lowest BCUT2D eigenvalue weighted by Crippen LogP contribution is -2.60. The molecule has 32 heteroatoms. The van der Waals surface area contributed by atoms with Crippen LogP contribution in [0.15, 0.2) is 103 Å². The number of methoxy groups -OCH3 is 1. The average molecular weight is 1630 g/mol. The number of quaternary nitrogens is 1. The molecule has 0 radical (unpaired) electrons. The fourth-order valence-electron chi connectivity index (χ4n) is 16.0. The molecular formula is C86H112FN14O17+. The number of nitrogens with zero attached hydrogens (tertiary/aromatic N) is 8. The van der Waals surface area contributed by atoms with Gasteiger partial charge in [-0.05, 0) is 136 Å². The van der Waals surface area contributed by atoms with E-state index in [0.29, 0.717) is 70.7 Å². The number of carbonyl (C=O) groups excluding carboxylic acids is 12. The molecule has 31 nitrogen and oxygen atoms in total. The minimum atomic E-state index is -1.61. The van der Waals surface area contributed by atoms with E-state index in [1.807, 2.05) is 24.3 Å². The highest BCUT2D eigenvalue weighted by Gasteiger charge is 2.50. The number of rotatable bonds is 16. The Labute approximate surface area is 686 Å². The molecule has 6 aromatic rings. The van der Waals surface area contributed by atoms with Crippen LogP contribution in [0.1, 0.15) is 130 Å². The van der Waals surface area contributed by atoms with Crippen LogP contribution in [0, 0.1) is 17.7 Å². The van der Waals surface area contributed by atoms with E-state index in [1.165, 1.54) is 42.9 Å². The van der Waals surface area contributed by atoms with E-state index in [0.717, 1.165) is 22.2 Å². The zero-order valence-corrected chi connectivity index (χ0v) is 68.5. The highest BCUT2D eigenvalue weighted by atomic mass is 19.1. The summed E-state index contributed by atoms with van der Waals surface area (Å²) in [4.78, 5) is 184. The van der Waals surface area contributed by atoms with Gasteiger partial charge in [-0.25, -0.2) is 4.39 Å². The van der Waals surface area contributed by atoms with E-state index in [1.54, 1.807) is 88.1 Å². The number of benzene rings is 4. The standard InChI is InChI=1S/C86H111FN14O17/c1-54-80(109)92-70-43-59-11-8-12-60(41-59)48-89-77(107)53-118-75-28-33-99-79(75)74(105)47-67(55(2)102)81(110)93-71(42-57-19-23-66(115-7)24-20-57)84(113)100-32-10-30-86(100,3)85(114)88-31-27-56-15-17-58(18-16-56)49-96(78(108)14-9-13-76(106)91-69(82(111)90-54)25-22-65(103)29-37-116-39-40-117-38-36-101(4,5)6)34-35-98-52-64(94-95-98)51-97-50-62(44-61(83(99)112)45-73(70)104)68-46-63(87)21-26-72(68)97/h8,11-12,15-21,23-24,26,41,46,50,52,54-55,61,67,69-71,75,79,102H,9-10,13-14,22,25,27-40,42-45,47-49,51,53H2,1-7H3,(H5-,88,89,90,91,92,93,106,107,109,110,111,114)/p+1/t54-,55-,61-,67+,69+,70+,71+,75+,79-,86+/m1/s1. The third-order valence-corrected chi connectivity index (χ3v) is 22.8. The molecule has 0 aliphatic carbocycles. The number of Topliss-reactive ketones (excluding diaryl/α,β-unsaturated/α-hetero) is 3. The largest absolute Gasteiger partial charge is 0.497 e. The Morgan fingerprint density at radius 3 is 2.21 bits per heavy atom. The molecule has 8 heterocycles. The molecule has 2 aromatic heterocycles. The first kappa shape index (κ1) is 88.1. The van der Waals surface area contributed by atoms with Gasteiger partial charge in [0.05, 0.1) is 98.1 Å². The fourth-order valence-corrected chi connectivity index (χ4v) is 16.0. The molecule has 6 aliphatic rings. The number of hydrogen-bond donors (Lipinski definition) is 7. The summed E-state index contributed by atoms with van der Waals surface area (Å²) in [5, 5.41) is 38.1. The molecule has 634 valence electrons. The third-order valence-electron chi connectivity index (χ3n) is 22.8. The normalized spacial score (nSPS) is 24.2. The monoisotopic (exact) mass is 1630 g/mol. The van der Waals surface area contributed by atoms with E-state index in [9.17, 15) is 38.7 Å². The van der Waals surface area contributed by atoms with Crippen molar-refractivity contribution in [3.05, 3.63) is 148 Å². The number of aliphatic hydroxyl groups excluding tert-OH is 1. The molecule has 118 heavy (non-hydrogen) atoms. The van der Waals surface area contributed by atoms with Crippen LogP contribution in [0.2, 0.25) is 0 Å².